The summed E-state index contributed by atoms with van der Waals surface area (Å²) < 4.78 is 0. The number of hydrogen-bond donors (Lipinski definition) is 2. The Hall–Kier alpha value is -2.07. The molecule has 6 nitrogen and oxygen atoms in total. The van der Waals surface area contributed by atoms with E-state index >= 15 is 0 Å². The molecule has 18 heavy (non-hydrogen) atoms. The van der Waals surface area contributed by atoms with Crippen molar-refractivity contribution in [2.75, 3.05) is 5.75 Å². The van der Waals surface area contributed by atoms with Crippen LogP contribution in [0, 0.1) is 11.3 Å². The third-order valence-electron chi connectivity index (χ3n) is 1.99. The van der Waals surface area contributed by atoms with E-state index in [1.54, 1.807) is 6.07 Å². The first-order valence-electron chi connectivity index (χ1n) is 5.01. The van der Waals surface area contributed by atoms with Gasteiger partial charge in [0.2, 0.25) is 5.91 Å². The molecule has 1 atom stereocenters. The fourth-order valence-electron chi connectivity index (χ4n) is 1.18. The van der Waals surface area contributed by atoms with Gasteiger partial charge in [0.05, 0.1) is 5.56 Å². The Bertz CT molecular complexity index is 499. The number of aliphatic carboxylic acids is 1. The third-order valence-corrected chi connectivity index (χ3v) is 3.12. The first kappa shape index (κ1) is 14.0. The quantitative estimate of drug-likeness (QED) is 0.757. The predicted molar refractivity (Wildman–Crippen MR) is 64.9 cm³/mol. The summed E-state index contributed by atoms with van der Waals surface area (Å²) in [5.74, 6) is -1.38. The Labute approximate surface area is 108 Å². The van der Waals surface area contributed by atoms with Gasteiger partial charge in [0.15, 0.2) is 0 Å². The van der Waals surface area contributed by atoms with Crippen molar-refractivity contribution in [3.63, 3.8) is 0 Å². The molecular weight excluding hydrogens is 254 g/mol. The number of carbonyl (C=O) groups is 2. The van der Waals surface area contributed by atoms with Crippen LogP contribution >= 0.6 is 11.8 Å². The molecule has 0 fully saturated rings. The second-order valence-corrected chi connectivity index (χ2v) is 4.45. The number of nitrogens with zero attached hydrogens (tertiary/aromatic N) is 2. The highest BCUT2D eigenvalue weighted by molar-refractivity contribution is 7.99. The van der Waals surface area contributed by atoms with Crippen molar-refractivity contribution in [1.82, 2.24) is 10.3 Å². The standard InChI is InChI=1S/C11H11N3O3S/c1-7(15)14-9(11(16)17)6-18-10-5-13-3-2-8(10)4-12/h2-3,5,9H,6H2,1H3,(H,14,15)(H,16,17)/t9-/m0/s1. The summed E-state index contributed by atoms with van der Waals surface area (Å²) in [5, 5.41) is 20.1. The monoisotopic (exact) mass is 265 g/mol. The highest BCUT2D eigenvalue weighted by Gasteiger charge is 2.19. The SMILES string of the molecule is CC(=O)N[C@@H](CSc1cnccc1C#N)C(=O)O. The molecule has 94 valence electrons. The number of hydrogen-bond acceptors (Lipinski definition) is 5. The van der Waals surface area contributed by atoms with Gasteiger partial charge in [-0.1, -0.05) is 0 Å². The van der Waals surface area contributed by atoms with Crippen molar-refractivity contribution < 1.29 is 14.7 Å². The number of nitrogens with one attached hydrogen (secondary N) is 1. The zero-order valence-corrected chi connectivity index (χ0v) is 10.4. The van der Waals surface area contributed by atoms with E-state index in [1.165, 1.54) is 31.1 Å². The third kappa shape index (κ3) is 4.07. The highest BCUT2D eigenvalue weighted by Crippen LogP contribution is 2.21. The van der Waals surface area contributed by atoms with Crippen LogP contribution in [0.3, 0.4) is 0 Å². The molecule has 0 aromatic carbocycles. The van der Waals surface area contributed by atoms with E-state index < -0.39 is 17.9 Å². The molecule has 7 heteroatoms. The number of carboxylic acids is 1. The Morgan fingerprint density at radius 1 is 1.67 bits per heavy atom. The fourth-order valence-corrected chi connectivity index (χ4v) is 2.16. The van der Waals surface area contributed by atoms with Crippen molar-refractivity contribution in [2.24, 2.45) is 0 Å². The van der Waals surface area contributed by atoms with Gasteiger partial charge < -0.3 is 10.4 Å². The fraction of sp³-hybridized carbons (Fsp3) is 0.273. The van der Waals surface area contributed by atoms with Crippen LogP contribution in [0.1, 0.15) is 12.5 Å². The average Bonchev–Trinajstić information content (AvgIpc) is 2.34. The van der Waals surface area contributed by atoms with Gasteiger partial charge in [-0.25, -0.2) is 4.79 Å². The van der Waals surface area contributed by atoms with Crippen molar-refractivity contribution >= 4 is 23.6 Å². The van der Waals surface area contributed by atoms with Crippen LogP contribution in [-0.2, 0) is 9.59 Å². The topological polar surface area (TPSA) is 103 Å². The molecule has 1 heterocycles. The van der Waals surface area contributed by atoms with Crippen LogP contribution in [-0.4, -0.2) is 33.8 Å². The Balaban J connectivity index is 2.70. The zero-order chi connectivity index (χ0) is 13.5. The molecule has 0 saturated carbocycles. The van der Waals surface area contributed by atoms with Crippen LogP contribution in [0.4, 0.5) is 0 Å². The number of pyridine rings is 1. The van der Waals surface area contributed by atoms with Gasteiger partial charge in [0, 0.05) is 30.0 Å². The number of nitriles is 1. The Morgan fingerprint density at radius 2 is 2.39 bits per heavy atom. The summed E-state index contributed by atoms with van der Waals surface area (Å²) in [4.78, 5) is 26.2. The van der Waals surface area contributed by atoms with E-state index in [-0.39, 0.29) is 5.75 Å². The van der Waals surface area contributed by atoms with Crippen molar-refractivity contribution in [3.8, 4) is 6.07 Å². The van der Waals surface area contributed by atoms with Crippen LogP contribution in [0.25, 0.3) is 0 Å². The molecule has 1 aromatic heterocycles. The predicted octanol–water partition coefficient (Wildman–Crippen LogP) is 0.635. The number of aromatic nitrogens is 1. The molecule has 1 aromatic rings. The van der Waals surface area contributed by atoms with Crippen molar-refractivity contribution in [2.45, 2.75) is 17.9 Å². The maximum atomic E-state index is 10.9. The number of rotatable bonds is 5. The van der Waals surface area contributed by atoms with Crippen molar-refractivity contribution in [1.29, 1.82) is 5.26 Å². The minimum atomic E-state index is -1.11. The lowest BCUT2D eigenvalue weighted by Crippen LogP contribution is -2.41. The number of carbonyl (C=O) groups excluding carboxylic acids is 1. The zero-order valence-electron chi connectivity index (χ0n) is 9.58. The van der Waals surface area contributed by atoms with Gasteiger partial charge in [-0.3, -0.25) is 9.78 Å². The van der Waals surface area contributed by atoms with Gasteiger partial charge in [0.1, 0.15) is 12.1 Å². The summed E-state index contributed by atoms with van der Waals surface area (Å²) in [6.07, 6.45) is 2.99. The summed E-state index contributed by atoms with van der Waals surface area (Å²) in [5.41, 5.74) is 0.432. The second-order valence-electron chi connectivity index (χ2n) is 3.39. The van der Waals surface area contributed by atoms with Gasteiger partial charge in [-0.05, 0) is 6.07 Å². The lowest BCUT2D eigenvalue weighted by molar-refractivity contribution is -0.140. The Kier molecular flexibility index (Phi) is 5.14. The molecule has 1 rings (SSSR count). The maximum Gasteiger partial charge on any atom is 0.327 e. The summed E-state index contributed by atoms with van der Waals surface area (Å²) in [6.45, 7) is 1.26. The molecular formula is C11H11N3O3S. The van der Waals surface area contributed by atoms with Crippen molar-refractivity contribution in [3.05, 3.63) is 24.0 Å². The lowest BCUT2D eigenvalue weighted by Gasteiger charge is -2.12. The lowest BCUT2D eigenvalue weighted by atomic mass is 10.3. The van der Waals surface area contributed by atoms with E-state index in [4.69, 9.17) is 10.4 Å². The molecule has 0 aliphatic rings. The van der Waals surface area contributed by atoms with Crippen LogP contribution in [0.15, 0.2) is 23.4 Å². The van der Waals surface area contributed by atoms with Gasteiger partial charge in [-0.2, -0.15) is 5.26 Å². The average molecular weight is 265 g/mol. The number of carboxylic acid groups (broad SMARTS) is 1. The highest BCUT2D eigenvalue weighted by atomic mass is 32.2. The molecule has 0 aliphatic heterocycles. The second kappa shape index (κ2) is 6.61. The minimum Gasteiger partial charge on any atom is -0.480 e. The Morgan fingerprint density at radius 3 is 2.94 bits per heavy atom. The summed E-state index contributed by atoms with van der Waals surface area (Å²) in [6, 6.07) is 2.56. The van der Waals surface area contributed by atoms with Crippen LogP contribution in [0.5, 0.6) is 0 Å². The summed E-state index contributed by atoms with van der Waals surface area (Å²) in [7, 11) is 0. The molecule has 1 amide bonds. The van der Waals surface area contributed by atoms with E-state index in [0.717, 1.165) is 0 Å². The van der Waals surface area contributed by atoms with Crippen LogP contribution in [0.2, 0.25) is 0 Å². The van der Waals surface area contributed by atoms with E-state index in [2.05, 4.69) is 10.3 Å². The molecule has 0 bridgehead atoms. The molecule has 0 unspecified atom stereocenters. The summed E-state index contributed by atoms with van der Waals surface area (Å²) >= 11 is 1.17. The van der Waals surface area contributed by atoms with Gasteiger partial charge in [-0.15, -0.1) is 11.8 Å². The van der Waals surface area contributed by atoms with Gasteiger partial charge >= 0.3 is 5.97 Å². The van der Waals surface area contributed by atoms with E-state index in [1.807, 2.05) is 6.07 Å². The molecule has 0 radical (unpaired) electrons. The number of amides is 1. The maximum absolute atomic E-state index is 10.9. The normalized spacial score (nSPS) is 11.3. The molecule has 0 saturated heterocycles. The van der Waals surface area contributed by atoms with Crippen LogP contribution < -0.4 is 5.32 Å². The first-order chi connectivity index (χ1) is 8.54. The molecule has 0 spiro atoms. The van der Waals surface area contributed by atoms with E-state index in [9.17, 15) is 9.59 Å². The minimum absolute atomic E-state index is 0.134. The first-order valence-corrected chi connectivity index (χ1v) is 6.00. The molecule has 2 N–H and O–H groups in total. The van der Waals surface area contributed by atoms with Gasteiger partial charge in [0.25, 0.3) is 0 Å². The molecule has 0 aliphatic carbocycles. The number of thioether (sulfide) groups is 1. The largest absolute Gasteiger partial charge is 0.480 e. The smallest absolute Gasteiger partial charge is 0.327 e. The van der Waals surface area contributed by atoms with E-state index in [0.29, 0.717) is 10.5 Å².